The molecule has 110 valence electrons. The third-order valence-corrected chi connectivity index (χ3v) is 3.71. The van der Waals surface area contributed by atoms with Gasteiger partial charge in [-0.15, -0.1) is 0 Å². The number of carbonyl (C=O) groups is 1. The van der Waals surface area contributed by atoms with Gasteiger partial charge >= 0.3 is 0 Å². The Morgan fingerprint density at radius 1 is 1.45 bits per heavy atom. The van der Waals surface area contributed by atoms with Gasteiger partial charge in [0, 0.05) is 18.6 Å². The summed E-state index contributed by atoms with van der Waals surface area (Å²) in [5.74, 6) is 0.995. The van der Waals surface area contributed by atoms with E-state index in [0.717, 1.165) is 31.6 Å². The van der Waals surface area contributed by atoms with Gasteiger partial charge in [0.1, 0.15) is 5.75 Å². The van der Waals surface area contributed by atoms with Crippen LogP contribution in [0.4, 0.5) is 0 Å². The van der Waals surface area contributed by atoms with Crippen molar-refractivity contribution >= 4 is 17.5 Å². The van der Waals surface area contributed by atoms with Gasteiger partial charge in [-0.05, 0) is 50.1 Å². The highest BCUT2D eigenvalue weighted by Crippen LogP contribution is 2.15. The number of hydrogen-bond acceptors (Lipinski definition) is 3. The normalized spacial score (nSPS) is 18.0. The summed E-state index contributed by atoms with van der Waals surface area (Å²) < 4.78 is 5.60. The maximum absolute atomic E-state index is 12.1. The Bertz CT molecular complexity index is 430. The molecule has 1 fully saturated rings. The van der Waals surface area contributed by atoms with Crippen molar-refractivity contribution in [2.75, 3.05) is 26.7 Å². The number of rotatable bonds is 6. The van der Waals surface area contributed by atoms with E-state index >= 15 is 0 Å². The lowest BCUT2D eigenvalue weighted by atomic mass is 10.2. The van der Waals surface area contributed by atoms with E-state index in [2.05, 4.69) is 5.32 Å². The molecule has 0 bridgehead atoms. The number of nitrogens with one attached hydrogen (secondary N) is 1. The van der Waals surface area contributed by atoms with Crippen LogP contribution in [0.2, 0.25) is 5.02 Å². The van der Waals surface area contributed by atoms with Crippen molar-refractivity contribution < 1.29 is 9.53 Å². The summed E-state index contributed by atoms with van der Waals surface area (Å²) in [5, 5.41) is 3.92. The molecular weight excluding hydrogens is 276 g/mol. The van der Waals surface area contributed by atoms with Crippen LogP contribution in [0.15, 0.2) is 24.3 Å². The minimum absolute atomic E-state index is 0.0113. The highest BCUT2D eigenvalue weighted by atomic mass is 35.5. The van der Waals surface area contributed by atoms with E-state index in [1.807, 2.05) is 19.2 Å². The average Bonchev–Trinajstić information content (AvgIpc) is 2.98. The molecule has 1 amide bonds. The Labute approximate surface area is 125 Å². The zero-order valence-electron chi connectivity index (χ0n) is 11.8. The summed E-state index contributed by atoms with van der Waals surface area (Å²) in [5.41, 5.74) is 0. The number of amides is 1. The predicted octanol–water partition coefficient (Wildman–Crippen LogP) is 2.32. The maximum Gasteiger partial charge on any atom is 0.239 e. The smallest absolute Gasteiger partial charge is 0.239 e. The number of likely N-dealkylation sites (N-methyl/N-ethyl adjacent to an activating group) is 1. The molecule has 0 radical (unpaired) electrons. The van der Waals surface area contributed by atoms with Gasteiger partial charge in [-0.2, -0.15) is 0 Å². The summed E-state index contributed by atoms with van der Waals surface area (Å²) in [6.07, 6.45) is 2.85. The minimum atomic E-state index is 0.0113. The standard InChI is InChI=1S/C15H21ClN2O2/c1-18(15(19)14-4-2-9-17-14)10-3-11-20-13-7-5-12(16)6-8-13/h5-8,14,17H,2-4,9-11H2,1H3. The lowest BCUT2D eigenvalue weighted by Crippen LogP contribution is -2.42. The molecule has 1 N–H and O–H groups in total. The highest BCUT2D eigenvalue weighted by Gasteiger charge is 2.24. The van der Waals surface area contributed by atoms with E-state index in [4.69, 9.17) is 16.3 Å². The first-order chi connectivity index (χ1) is 9.66. The highest BCUT2D eigenvalue weighted by molar-refractivity contribution is 6.30. The quantitative estimate of drug-likeness (QED) is 0.819. The van der Waals surface area contributed by atoms with Crippen LogP contribution in [-0.2, 0) is 4.79 Å². The van der Waals surface area contributed by atoms with Crippen LogP contribution in [0.25, 0.3) is 0 Å². The molecule has 0 aromatic heterocycles. The lowest BCUT2D eigenvalue weighted by molar-refractivity contribution is -0.131. The monoisotopic (exact) mass is 296 g/mol. The number of halogens is 1. The number of carbonyl (C=O) groups excluding carboxylic acids is 1. The first-order valence-corrected chi connectivity index (χ1v) is 7.41. The molecule has 1 atom stereocenters. The molecule has 20 heavy (non-hydrogen) atoms. The van der Waals surface area contributed by atoms with Crippen LogP contribution in [-0.4, -0.2) is 43.6 Å². The fourth-order valence-electron chi connectivity index (χ4n) is 2.29. The summed E-state index contributed by atoms with van der Waals surface area (Å²) in [6, 6.07) is 7.31. The molecule has 4 nitrogen and oxygen atoms in total. The maximum atomic E-state index is 12.1. The van der Waals surface area contributed by atoms with Gasteiger partial charge in [0.2, 0.25) is 5.91 Å². The van der Waals surface area contributed by atoms with E-state index in [9.17, 15) is 4.79 Å². The number of nitrogens with zero attached hydrogens (tertiary/aromatic N) is 1. The molecule has 1 aromatic rings. The van der Waals surface area contributed by atoms with E-state index in [1.54, 1.807) is 17.0 Å². The van der Waals surface area contributed by atoms with Crippen molar-refractivity contribution in [2.45, 2.75) is 25.3 Å². The second kappa shape index (κ2) is 7.50. The zero-order valence-corrected chi connectivity index (χ0v) is 12.5. The molecule has 0 spiro atoms. The second-order valence-electron chi connectivity index (χ2n) is 5.06. The molecule has 0 aliphatic carbocycles. The summed E-state index contributed by atoms with van der Waals surface area (Å²) in [4.78, 5) is 13.8. The van der Waals surface area contributed by atoms with Gasteiger partial charge in [-0.1, -0.05) is 11.6 Å². The van der Waals surface area contributed by atoms with Gasteiger partial charge in [-0.3, -0.25) is 4.79 Å². The van der Waals surface area contributed by atoms with Crippen molar-refractivity contribution in [3.63, 3.8) is 0 Å². The van der Waals surface area contributed by atoms with E-state index in [1.165, 1.54) is 0 Å². The van der Waals surface area contributed by atoms with Crippen molar-refractivity contribution in [1.82, 2.24) is 10.2 Å². The average molecular weight is 297 g/mol. The Balaban J connectivity index is 1.65. The summed E-state index contributed by atoms with van der Waals surface area (Å²) in [6.45, 7) is 2.26. The Morgan fingerprint density at radius 2 is 2.20 bits per heavy atom. The van der Waals surface area contributed by atoms with Crippen molar-refractivity contribution in [1.29, 1.82) is 0 Å². The number of ether oxygens (including phenoxy) is 1. The molecule has 5 heteroatoms. The van der Waals surface area contributed by atoms with Gasteiger partial charge in [0.05, 0.1) is 12.6 Å². The minimum Gasteiger partial charge on any atom is -0.494 e. The van der Waals surface area contributed by atoms with Gasteiger partial charge < -0.3 is 15.0 Å². The molecule has 1 saturated heterocycles. The molecular formula is C15H21ClN2O2. The number of hydrogen-bond donors (Lipinski definition) is 1. The Kier molecular flexibility index (Phi) is 5.68. The molecule has 1 aliphatic rings. The van der Waals surface area contributed by atoms with Crippen molar-refractivity contribution in [3.8, 4) is 5.75 Å². The van der Waals surface area contributed by atoms with Gasteiger partial charge in [0.15, 0.2) is 0 Å². The van der Waals surface area contributed by atoms with Crippen molar-refractivity contribution in [2.24, 2.45) is 0 Å². The molecule has 0 saturated carbocycles. The molecule has 1 heterocycles. The molecule has 1 aliphatic heterocycles. The second-order valence-corrected chi connectivity index (χ2v) is 5.50. The third-order valence-electron chi connectivity index (χ3n) is 3.45. The zero-order chi connectivity index (χ0) is 14.4. The van der Waals surface area contributed by atoms with Crippen molar-refractivity contribution in [3.05, 3.63) is 29.3 Å². The Morgan fingerprint density at radius 3 is 2.85 bits per heavy atom. The van der Waals surface area contributed by atoms with Crippen LogP contribution >= 0.6 is 11.6 Å². The molecule has 1 aromatic carbocycles. The topological polar surface area (TPSA) is 41.6 Å². The Hall–Kier alpha value is -1.26. The van der Waals surface area contributed by atoms with Crippen LogP contribution in [0.3, 0.4) is 0 Å². The van der Waals surface area contributed by atoms with E-state index in [-0.39, 0.29) is 11.9 Å². The summed E-state index contributed by atoms with van der Waals surface area (Å²) in [7, 11) is 1.85. The fourth-order valence-corrected chi connectivity index (χ4v) is 2.42. The lowest BCUT2D eigenvalue weighted by Gasteiger charge is -2.21. The first kappa shape index (κ1) is 15.1. The SMILES string of the molecule is CN(CCCOc1ccc(Cl)cc1)C(=O)C1CCCN1. The van der Waals surface area contributed by atoms with E-state index in [0.29, 0.717) is 18.2 Å². The molecule has 2 rings (SSSR count). The molecule has 1 unspecified atom stereocenters. The van der Waals surface area contributed by atoms with E-state index < -0.39 is 0 Å². The first-order valence-electron chi connectivity index (χ1n) is 7.03. The van der Waals surface area contributed by atoms with Crippen LogP contribution in [0.1, 0.15) is 19.3 Å². The van der Waals surface area contributed by atoms with Gasteiger partial charge in [-0.25, -0.2) is 0 Å². The third kappa shape index (κ3) is 4.39. The van der Waals surface area contributed by atoms with Crippen LogP contribution in [0, 0.1) is 0 Å². The number of benzene rings is 1. The fraction of sp³-hybridized carbons (Fsp3) is 0.533. The summed E-state index contributed by atoms with van der Waals surface area (Å²) >= 11 is 5.81. The van der Waals surface area contributed by atoms with Crippen LogP contribution < -0.4 is 10.1 Å². The largest absolute Gasteiger partial charge is 0.494 e. The predicted molar refractivity (Wildman–Crippen MR) is 80.2 cm³/mol. The van der Waals surface area contributed by atoms with Gasteiger partial charge in [0.25, 0.3) is 0 Å². The van der Waals surface area contributed by atoms with Crippen LogP contribution in [0.5, 0.6) is 5.75 Å².